The first kappa shape index (κ1) is 33.2. The minimum atomic E-state index is -0.232. The number of aryl methyl sites for hydroxylation is 2. The van der Waals surface area contributed by atoms with Crippen LogP contribution in [0.5, 0.6) is 0 Å². The van der Waals surface area contributed by atoms with Gasteiger partial charge in [-0.1, -0.05) is 106 Å². The molecule has 2 atom stereocenters. The van der Waals surface area contributed by atoms with Crippen molar-refractivity contribution in [2.45, 2.75) is 59.9 Å². The molecule has 0 saturated heterocycles. The Labute approximate surface area is 294 Å². The molecule has 1 aliphatic carbocycles. The van der Waals surface area contributed by atoms with Crippen LogP contribution in [-0.2, 0) is 0 Å². The summed E-state index contributed by atoms with van der Waals surface area (Å²) in [6.07, 6.45) is 2.53. The van der Waals surface area contributed by atoms with Gasteiger partial charge in [0.2, 0.25) is 0 Å². The van der Waals surface area contributed by atoms with Crippen molar-refractivity contribution in [2.24, 2.45) is 10.8 Å². The average molecular weight is 661 g/mol. The average Bonchev–Trinajstić information content (AvgIpc) is 3.09. The number of pyridine rings is 2. The molecular formula is C44H44N4O2. The van der Waals surface area contributed by atoms with Crippen LogP contribution in [0.4, 0.5) is 0 Å². The molecule has 1 fully saturated rings. The fourth-order valence-electron chi connectivity index (χ4n) is 8.25. The van der Waals surface area contributed by atoms with Crippen LogP contribution in [-0.4, -0.2) is 34.4 Å². The largest absolute Gasteiger partial charge is 0.351 e. The number of carbonyl (C=O) groups is 2. The minimum Gasteiger partial charge on any atom is -0.351 e. The quantitative estimate of drug-likeness (QED) is 0.179. The van der Waals surface area contributed by atoms with Crippen LogP contribution < -0.4 is 10.6 Å². The Morgan fingerprint density at radius 1 is 0.660 bits per heavy atom. The standard InChI is InChI=1S/C44H44N4O2/c1-28-14-6-8-16-31(28)39-22-35(33-18-10-12-20-37(33)47-39)41(49)45-27-44(5)25-30(24-43(3,4)26-44)46-42(50)36-23-40(32-17-9-7-15-29(32)2)48-38-21-13-11-19-34(36)38/h6-23,30H,24-27H2,1-5H3,(H,45,49)(H,46,50). The second kappa shape index (κ2) is 13.2. The van der Waals surface area contributed by atoms with Crippen molar-refractivity contribution in [1.29, 1.82) is 0 Å². The number of aromatic nitrogens is 2. The molecule has 0 aliphatic heterocycles. The third-order valence-electron chi connectivity index (χ3n) is 10.2. The Morgan fingerprint density at radius 2 is 1.14 bits per heavy atom. The molecule has 2 heterocycles. The van der Waals surface area contributed by atoms with Crippen LogP contribution in [0.25, 0.3) is 44.3 Å². The number of hydrogen-bond donors (Lipinski definition) is 2. The molecule has 2 N–H and O–H groups in total. The first-order chi connectivity index (χ1) is 24.0. The van der Waals surface area contributed by atoms with Gasteiger partial charge < -0.3 is 10.6 Å². The van der Waals surface area contributed by atoms with Gasteiger partial charge in [-0.05, 0) is 79.3 Å². The molecule has 2 aromatic heterocycles. The Bertz CT molecular complexity index is 2260. The number of rotatable bonds is 7. The van der Waals surface area contributed by atoms with Gasteiger partial charge in [-0.15, -0.1) is 0 Å². The molecule has 2 unspecified atom stereocenters. The van der Waals surface area contributed by atoms with Crippen LogP contribution in [0.2, 0.25) is 0 Å². The lowest BCUT2D eigenvalue weighted by molar-refractivity contribution is 0.0593. The molecule has 1 saturated carbocycles. The number of benzene rings is 4. The summed E-state index contributed by atoms with van der Waals surface area (Å²) in [5.41, 5.74) is 8.39. The smallest absolute Gasteiger partial charge is 0.252 e. The molecule has 252 valence electrons. The van der Waals surface area contributed by atoms with Crippen molar-refractivity contribution < 1.29 is 9.59 Å². The highest BCUT2D eigenvalue weighted by Gasteiger charge is 2.42. The van der Waals surface area contributed by atoms with Crippen molar-refractivity contribution in [3.63, 3.8) is 0 Å². The van der Waals surface area contributed by atoms with E-state index in [0.29, 0.717) is 17.7 Å². The molecule has 0 radical (unpaired) electrons. The molecule has 6 aromatic rings. The summed E-state index contributed by atoms with van der Waals surface area (Å²) in [5, 5.41) is 8.39. The lowest BCUT2D eigenvalue weighted by Crippen LogP contribution is -2.50. The summed E-state index contributed by atoms with van der Waals surface area (Å²) in [6, 6.07) is 35.7. The van der Waals surface area contributed by atoms with E-state index in [1.807, 2.05) is 91.0 Å². The zero-order valence-electron chi connectivity index (χ0n) is 29.5. The van der Waals surface area contributed by atoms with E-state index in [2.05, 4.69) is 63.5 Å². The molecule has 0 bridgehead atoms. The van der Waals surface area contributed by atoms with Crippen molar-refractivity contribution in [3.8, 4) is 22.5 Å². The van der Waals surface area contributed by atoms with Crippen LogP contribution in [0.1, 0.15) is 71.9 Å². The molecule has 6 nitrogen and oxygen atoms in total. The highest BCUT2D eigenvalue weighted by molar-refractivity contribution is 6.08. The normalized spacial score (nSPS) is 18.5. The van der Waals surface area contributed by atoms with Crippen molar-refractivity contribution in [1.82, 2.24) is 20.6 Å². The first-order valence-electron chi connectivity index (χ1n) is 17.5. The number of carbonyl (C=O) groups excluding carboxylic acids is 2. The highest BCUT2D eigenvalue weighted by Crippen LogP contribution is 2.46. The molecule has 2 amide bonds. The molecule has 7 rings (SSSR count). The monoisotopic (exact) mass is 660 g/mol. The van der Waals surface area contributed by atoms with Gasteiger partial charge in [0.05, 0.1) is 33.5 Å². The second-order valence-corrected chi connectivity index (χ2v) is 15.2. The van der Waals surface area contributed by atoms with Crippen LogP contribution in [0.3, 0.4) is 0 Å². The summed E-state index contributed by atoms with van der Waals surface area (Å²) in [6.45, 7) is 11.4. The van der Waals surface area contributed by atoms with Crippen LogP contribution in [0.15, 0.2) is 109 Å². The highest BCUT2D eigenvalue weighted by atomic mass is 16.2. The Morgan fingerprint density at radius 3 is 1.68 bits per heavy atom. The lowest BCUT2D eigenvalue weighted by atomic mass is 9.62. The third kappa shape index (κ3) is 6.75. The van der Waals surface area contributed by atoms with Gasteiger partial charge >= 0.3 is 0 Å². The van der Waals surface area contributed by atoms with E-state index in [1.54, 1.807) is 0 Å². The molecule has 6 heteroatoms. The van der Waals surface area contributed by atoms with E-state index in [0.717, 1.165) is 74.7 Å². The fraction of sp³-hybridized carbons (Fsp3) is 0.273. The van der Waals surface area contributed by atoms with Gasteiger partial charge in [-0.2, -0.15) is 0 Å². The molecular weight excluding hydrogens is 617 g/mol. The van der Waals surface area contributed by atoms with E-state index in [1.165, 1.54) is 0 Å². The number of para-hydroxylation sites is 2. The predicted molar refractivity (Wildman–Crippen MR) is 203 cm³/mol. The maximum absolute atomic E-state index is 14.2. The molecule has 4 aromatic carbocycles. The first-order valence-corrected chi connectivity index (χ1v) is 17.5. The van der Waals surface area contributed by atoms with E-state index in [9.17, 15) is 9.59 Å². The van der Waals surface area contributed by atoms with Crippen molar-refractivity contribution in [3.05, 3.63) is 131 Å². The SMILES string of the molecule is Cc1ccccc1-c1cc(C(=O)NCC2(C)CC(NC(=O)c3cc(-c4ccccc4C)nc4ccccc34)CC(C)(C)C2)c2ccccc2n1. The predicted octanol–water partition coefficient (Wildman–Crippen LogP) is 9.48. The van der Waals surface area contributed by atoms with Crippen LogP contribution in [0, 0.1) is 24.7 Å². The van der Waals surface area contributed by atoms with Gasteiger partial charge in [0.1, 0.15) is 0 Å². The minimum absolute atomic E-state index is 0.0380. The molecule has 0 spiro atoms. The molecule has 1 aliphatic rings. The van der Waals surface area contributed by atoms with Crippen LogP contribution >= 0.6 is 0 Å². The maximum Gasteiger partial charge on any atom is 0.252 e. The lowest BCUT2D eigenvalue weighted by Gasteiger charge is -2.47. The number of nitrogens with zero attached hydrogens (tertiary/aromatic N) is 2. The Kier molecular flexibility index (Phi) is 8.73. The summed E-state index contributed by atoms with van der Waals surface area (Å²) in [7, 11) is 0. The summed E-state index contributed by atoms with van der Waals surface area (Å²) < 4.78 is 0. The number of amides is 2. The third-order valence-corrected chi connectivity index (χ3v) is 10.2. The number of hydrogen-bond acceptors (Lipinski definition) is 4. The second-order valence-electron chi connectivity index (χ2n) is 15.2. The zero-order valence-corrected chi connectivity index (χ0v) is 29.5. The van der Waals surface area contributed by atoms with E-state index < -0.39 is 0 Å². The van der Waals surface area contributed by atoms with E-state index >= 15 is 0 Å². The van der Waals surface area contributed by atoms with Gasteiger partial charge in [-0.25, -0.2) is 9.97 Å². The van der Waals surface area contributed by atoms with Gasteiger partial charge in [0, 0.05) is 34.5 Å². The van der Waals surface area contributed by atoms with Crippen molar-refractivity contribution >= 4 is 33.6 Å². The van der Waals surface area contributed by atoms with Gasteiger partial charge in [-0.3, -0.25) is 9.59 Å². The van der Waals surface area contributed by atoms with Crippen molar-refractivity contribution in [2.75, 3.05) is 6.54 Å². The summed E-state index contributed by atoms with van der Waals surface area (Å²) in [4.78, 5) is 38.0. The van der Waals surface area contributed by atoms with E-state index in [-0.39, 0.29) is 28.7 Å². The summed E-state index contributed by atoms with van der Waals surface area (Å²) in [5.74, 6) is -0.213. The van der Waals surface area contributed by atoms with Gasteiger partial charge in [0.25, 0.3) is 11.8 Å². The number of fused-ring (bicyclic) bond motifs is 2. The molecule has 50 heavy (non-hydrogen) atoms. The van der Waals surface area contributed by atoms with E-state index in [4.69, 9.17) is 9.97 Å². The maximum atomic E-state index is 14.2. The van der Waals surface area contributed by atoms with Gasteiger partial charge in [0.15, 0.2) is 0 Å². The zero-order chi connectivity index (χ0) is 35.0. The fourth-order valence-corrected chi connectivity index (χ4v) is 8.25. The Balaban J connectivity index is 1.13. The number of nitrogens with one attached hydrogen (secondary N) is 2. The summed E-state index contributed by atoms with van der Waals surface area (Å²) >= 11 is 0. The Hall–Kier alpha value is -5.36. The topological polar surface area (TPSA) is 84.0 Å².